The first-order valence-corrected chi connectivity index (χ1v) is 10.1. The monoisotopic (exact) mass is 446 g/mol. The smallest absolute Gasteiger partial charge is 0.397 e. The Morgan fingerprint density at radius 1 is 0.848 bits per heavy atom. The minimum absolute atomic E-state index is 0.0464. The van der Waals surface area contributed by atoms with Crippen LogP contribution in [-0.2, 0) is 25.5 Å². The molecule has 0 radical (unpaired) electrons. The van der Waals surface area contributed by atoms with Crippen LogP contribution in [0, 0.1) is 0 Å². The van der Waals surface area contributed by atoms with Crippen molar-refractivity contribution in [1.82, 2.24) is 4.98 Å². The molecule has 0 N–H and O–H groups in total. The molecule has 0 bridgehead atoms. The van der Waals surface area contributed by atoms with Gasteiger partial charge in [0.05, 0.1) is 31.0 Å². The van der Waals surface area contributed by atoms with E-state index in [-0.39, 0.29) is 23.6 Å². The van der Waals surface area contributed by atoms with Gasteiger partial charge in [-0.2, -0.15) is 0 Å². The second kappa shape index (κ2) is 10.8. The van der Waals surface area contributed by atoms with Gasteiger partial charge in [-0.05, 0) is 48.4 Å². The summed E-state index contributed by atoms with van der Waals surface area (Å²) in [5.74, 6) is -2.68. The largest absolute Gasteiger partial charge is 0.465 e. The number of ether oxygens (including phenoxy) is 2. The number of methoxy groups -OCH3 is 2. The van der Waals surface area contributed by atoms with E-state index < -0.39 is 17.8 Å². The first-order chi connectivity index (χ1) is 16.0. The maximum absolute atomic E-state index is 13.1. The molecule has 0 aliphatic heterocycles. The molecule has 3 aromatic rings. The van der Waals surface area contributed by atoms with Gasteiger partial charge in [0.15, 0.2) is 11.6 Å². The minimum atomic E-state index is -1.08. The van der Waals surface area contributed by atoms with Gasteiger partial charge in [-0.25, -0.2) is 14.6 Å². The van der Waals surface area contributed by atoms with Crippen molar-refractivity contribution in [3.63, 3.8) is 0 Å². The Morgan fingerprint density at radius 2 is 1.55 bits per heavy atom. The molecule has 0 fully saturated rings. The third-order valence-corrected chi connectivity index (χ3v) is 4.89. The number of carbonyl (C=O) groups is 4. The number of amides is 1. The molecule has 0 unspecified atom stereocenters. The van der Waals surface area contributed by atoms with Gasteiger partial charge < -0.3 is 9.47 Å². The molecule has 0 aliphatic rings. The summed E-state index contributed by atoms with van der Waals surface area (Å²) in [6.45, 7) is 0. The predicted octanol–water partition coefficient (Wildman–Crippen LogP) is 3.52. The number of nitrogens with zero attached hydrogens (tertiary/aromatic N) is 2. The molecular weight excluding hydrogens is 424 g/mol. The number of pyridine rings is 1. The van der Waals surface area contributed by atoms with Gasteiger partial charge in [-0.3, -0.25) is 14.5 Å². The molecule has 3 rings (SSSR count). The Kier molecular flexibility index (Phi) is 7.64. The van der Waals surface area contributed by atoms with E-state index in [0.29, 0.717) is 17.7 Å². The van der Waals surface area contributed by atoms with Crippen LogP contribution in [-0.4, -0.2) is 42.8 Å². The standard InChI is InChI=1S/C25H22N2O6/c1-32-24(30)18-13-10-17(11-14-18)12-15-21(28)20-9-6-16-26-22(20)27(23(29)25(31)33-2)19-7-4-3-5-8-19/h3-11,13-14,16H,12,15H2,1-2H3. The molecule has 0 spiro atoms. The highest BCUT2D eigenvalue weighted by Gasteiger charge is 2.29. The van der Waals surface area contributed by atoms with Crippen molar-refractivity contribution >= 4 is 35.1 Å². The Morgan fingerprint density at radius 3 is 2.18 bits per heavy atom. The average molecular weight is 446 g/mol. The third-order valence-electron chi connectivity index (χ3n) is 4.89. The molecule has 0 saturated carbocycles. The summed E-state index contributed by atoms with van der Waals surface area (Å²) in [6, 6.07) is 18.4. The fraction of sp³-hybridized carbons (Fsp3) is 0.160. The summed E-state index contributed by atoms with van der Waals surface area (Å²) in [4.78, 5) is 54.8. The Balaban J connectivity index is 1.87. The van der Waals surface area contributed by atoms with Crippen LogP contribution in [0.15, 0.2) is 72.9 Å². The minimum Gasteiger partial charge on any atom is -0.465 e. The maximum atomic E-state index is 13.1. The van der Waals surface area contributed by atoms with Crippen LogP contribution in [0.4, 0.5) is 11.5 Å². The van der Waals surface area contributed by atoms with Gasteiger partial charge in [0.2, 0.25) is 0 Å². The van der Waals surface area contributed by atoms with Crippen molar-refractivity contribution in [3.8, 4) is 0 Å². The number of aromatic nitrogens is 1. The fourth-order valence-corrected chi connectivity index (χ4v) is 3.20. The van der Waals surface area contributed by atoms with Gasteiger partial charge in [-0.1, -0.05) is 30.3 Å². The van der Waals surface area contributed by atoms with E-state index >= 15 is 0 Å². The van der Waals surface area contributed by atoms with Gasteiger partial charge in [0.25, 0.3) is 0 Å². The molecule has 33 heavy (non-hydrogen) atoms. The number of para-hydroxylation sites is 1. The van der Waals surface area contributed by atoms with Crippen LogP contribution >= 0.6 is 0 Å². The van der Waals surface area contributed by atoms with E-state index in [1.807, 2.05) is 0 Å². The summed E-state index contributed by atoms with van der Waals surface area (Å²) in [7, 11) is 2.42. The lowest BCUT2D eigenvalue weighted by Gasteiger charge is -2.22. The quantitative estimate of drug-likeness (QED) is 0.311. The number of rotatable bonds is 7. The summed E-state index contributed by atoms with van der Waals surface area (Å²) in [5, 5.41) is 0. The van der Waals surface area contributed by atoms with Gasteiger partial charge in [-0.15, -0.1) is 0 Å². The van der Waals surface area contributed by atoms with Crippen LogP contribution in [0.2, 0.25) is 0 Å². The molecule has 1 aromatic heterocycles. The van der Waals surface area contributed by atoms with E-state index in [2.05, 4.69) is 14.5 Å². The highest BCUT2D eigenvalue weighted by molar-refractivity contribution is 6.40. The highest BCUT2D eigenvalue weighted by Crippen LogP contribution is 2.28. The van der Waals surface area contributed by atoms with Crippen molar-refractivity contribution < 1.29 is 28.7 Å². The second-order valence-electron chi connectivity index (χ2n) is 6.95. The van der Waals surface area contributed by atoms with Gasteiger partial charge >= 0.3 is 17.8 Å². The van der Waals surface area contributed by atoms with Crippen molar-refractivity contribution in [2.75, 3.05) is 19.1 Å². The van der Waals surface area contributed by atoms with Crippen molar-refractivity contribution in [2.45, 2.75) is 12.8 Å². The number of hydrogen-bond acceptors (Lipinski definition) is 7. The number of esters is 2. The topological polar surface area (TPSA) is 103 Å². The molecular formula is C25H22N2O6. The zero-order valence-corrected chi connectivity index (χ0v) is 18.2. The number of aryl methyl sites for hydroxylation is 1. The molecule has 1 amide bonds. The molecule has 0 atom stereocenters. The summed E-state index contributed by atoms with van der Waals surface area (Å²) in [5.41, 5.74) is 1.85. The van der Waals surface area contributed by atoms with Crippen molar-refractivity contribution in [2.24, 2.45) is 0 Å². The van der Waals surface area contributed by atoms with E-state index in [1.165, 1.54) is 13.3 Å². The molecule has 8 nitrogen and oxygen atoms in total. The Labute approximate surface area is 190 Å². The summed E-state index contributed by atoms with van der Waals surface area (Å²) < 4.78 is 9.28. The van der Waals surface area contributed by atoms with Gasteiger partial charge in [0, 0.05) is 12.6 Å². The lowest BCUT2D eigenvalue weighted by molar-refractivity contribution is -0.151. The average Bonchev–Trinajstić information content (AvgIpc) is 2.87. The number of anilines is 2. The first-order valence-electron chi connectivity index (χ1n) is 10.1. The van der Waals surface area contributed by atoms with E-state index in [9.17, 15) is 19.2 Å². The summed E-state index contributed by atoms with van der Waals surface area (Å²) >= 11 is 0. The highest BCUT2D eigenvalue weighted by atomic mass is 16.5. The SMILES string of the molecule is COC(=O)C(=O)N(c1ccccc1)c1ncccc1C(=O)CCc1ccc(C(=O)OC)cc1. The zero-order valence-electron chi connectivity index (χ0n) is 18.2. The van der Waals surface area contributed by atoms with Gasteiger partial charge in [0.1, 0.15) is 0 Å². The lowest BCUT2D eigenvalue weighted by atomic mass is 10.0. The zero-order chi connectivity index (χ0) is 23.8. The van der Waals surface area contributed by atoms with Crippen LogP contribution in [0.1, 0.15) is 32.7 Å². The van der Waals surface area contributed by atoms with Crippen molar-refractivity contribution in [3.05, 3.63) is 89.6 Å². The Hall–Kier alpha value is -4.33. The van der Waals surface area contributed by atoms with Crippen LogP contribution < -0.4 is 4.90 Å². The fourth-order valence-electron chi connectivity index (χ4n) is 3.20. The molecule has 0 saturated heterocycles. The van der Waals surface area contributed by atoms with E-state index in [1.54, 1.807) is 66.7 Å². The number of benzene rings is 2. The number of carbonyl (C=O) groups excluding carboxylic acids is 4. The maximum Gasteiger partial charge on any atom is 0.397 e. The number of ketones is 1. The van der Waals surface area contributed by atoms with Crippen LogP contribution in [0.25, 0.3) is 0 Å². The molecule has 168 valence electrons. The van der Waals surface area contributed by atoms with E-state index in [0.717, 1.165) is 17.6 Å². The van der Waals surface area contributed by atoms with E-state index in [4.69, 9.17) is 0 Å². The molecule has 0 aliphatic carbocycles. The number of hydrogen-bond donors (Lipinski definition) is 0. The second-order valence-corrected chi connectivity index (χ2v) is 6.95. The summed E-state index contributed by atoms with van der Waals surface area (Å²) in [6.07, 6.45) is 1.98. The molecule has 2 aromatic carbocycles. The van der Waals surface area contributed by atoms with Crippen LogP contribution in [0.3, 0.4) is 0 Å². The number of Topliss-reactive ketones (excluding diaryl/α,β-unsaturated/α-hetero) is 1. The normalized spacial score (nSPS) is 10.2. The lowest BCUT2D eigenvalue weighted by Crippen LogP contribution is -2.35. The van der Waals surface area contributed by atoms with Crippen molar-refractivity contribution in [1.29, 1.82) is 0 Å². The van der Waals surface area contributed by atoms with Crippen LogP contribution in [0.5, 0.6) is 0 Å². The molecule has 1 heterocycles. The predicted molar refractivity (Wildman–Crippen MR) is 120 cm³/mol. The Bertz CT molecular complexity index is 1160. The molecule has 8 heteroatoms. The first kappa shape index (κ1) is 23.3. The third kappa shape index (κ3) is 5.48.